The van der Waals surface area contributed by atoms with Gasteiger partial charge in [-0.1, -0.05) is 52.5 Å². The lowest BCUT2D eigenvalue weighted by atomic mass is 9.42. The van der Waals surface area contributed by atoms with Crippen LogP contribution in [0.3, 0.4) is 0 Å². The van der Waals surface area contributed by atoms with E-state index in [1.54, 1.807) is 0 Å². The van der Waals surface area contributed by atoms with Crippen molar-refractivity contribution < 1.29 is 14.9 Å². The molecule has 4 nitrogen and oxygen atoms in total. The highest BCUT2D eigenvalue weighted by atomic mass is 16.5. The van der Waals surface area contributed by atoms with Crippen molar-refractivity contribution in [3.63, 3.8) is 0 Å². The lowest BCUT2D eigenvalue weighted by molar-refractivity contribution is -0.185. The summed E-state index contributed by atoms with van der Waals surface area (Å²) in [7, 11) is 0. The normalized spacial score (nSPS) is 39.6. The van der Waals surface area contributed by atoms with Crippen molar-refractivity contribution in [2.24, 2.45) is 11.3 Å². The summed E-state index contributed by atoms with van der Waals surface area (Å²) in [5, 5.41) is 24.8. The van der Waals surface area contributed by atoms with Gasteiger partial charge in [0.25, 0.3) is 0 Å². The van der Waals surface area contributed by atoms with Crippen LogP contribution in [0, 0.1) is 11.3 Å². The van der Waals surface area contributed by atoms with Gasteiger partial charge in [-0.25, -0.2) is 0 Å². The third kappa shape index (κ3) is 2.81. The molecule has 4 aliphatic rings. The number of hydrogen-bond donors (Lipinski definition) is 3. The number of aromatic amines is 1. The monoisotopic (exact) mass is 487 g/mol. The van der Waals surface area contributed by atoms with Crippen LogP contribution in [-0.2, 0) is 22.0 Å². The maximum absolute atomic E-state index is 12.6. The molecule has 0 bridgehead atoms. The number of allylic oxidation sites excluding steroid dienone is 1. The van der Waals surface area contributed by atoms with Crippen molar-refractivity contribution in [3.05, 3.63) is 71.5 Å². The number of fused-ring (bicyclic) bond motifs is 9. The molecule has 4 heteroatoms. The number of H-pyrrole nitrogens is 1. The molecule has 0 saturated heterocycles. The fourth-order valence-electron chi connectivity index (χ4n) is 8.38. The zero-order valence-corrected chi connectivity index (χ0v) is 22.4. The molecule has 7 atom stereocenters. The lowest BCUT2D eigenvalue weighted by Gasteiger charge is -2.65. The van der Waals surface area contributed by atoms with Crippen LogP contribution in [-0.4, -0.2) is 39.1 Å². The molecule has 0 spiro atoms. The van der Waals surface area contributed by atoms with E-state index in [9.17, 15) is 10.2 Å². The molecule has 6 rings (SSSR count). The Bertz CT molecular complexity index is 1320. The van der Waals surface area contributed by atoms with Gasteiger partial charge >= 0.3 is 0 Å². The number of ether oxygens (including phenoxy) is 1. The Balaban J connectivity index is 1.48. The van der Waals surface area contributed by atoms with Crippen LogP contribution in [0.15, 0.2) is 54.7 Å². The topological polar surface area (TPSA) is 65.5 Å². The van der Waals surface area contributed by atoms with Gasteiger partial charge in [0.2, 0.25) is 0 Å². The van der Waals surface area contributed by atoms with Crippen LogP contribution in [0.25, 0.3) is 10.9 Å². The Morgan fingerprint density at radius 1 is 1.22 bits per heavy atom. The first-order valence-corrected chi connectivity index (χ1v) is 13.6. The highest BCUT2D eigenvalue weighted by molar-refractivity contribution is 5.87. The molecule has 0 radical (unpaired) electrons. The van der Waals surface area contributed by atoms with Gasteiger partial charge in [0.15, 0.2) is 0 Å². The summed E-state index contributed by atoms with van der Waals surface area (Å²) in [5.41, 5.74) is 5.18. The molecule has 3 N–H and O–H groups in total. The molecule has 1 aromatic heterocycles. The minimum Gasteiger partial charge on any atom is -0.386 e. The first-order chi connectivity index (χ1) is 16.9. The van der Waals surface area contributed by atoms with E-state index in [2.05, 4.69) is 64.0 Å². The van der Waals surface area contributed by atoms with E-state index >= 15 is 0 Å². The SMILES string of the molecule is C=CC(C)(C)c1ccc2c3c([nH]c2c1)[C@@]1(C)[C@@H](CCC2(O)C4=CC(O)C(C(=C)C)OC4CC[C@@]21C)C3. The number of hydrogen-bond acceptors (Lipinski definition) is 3. The molecule has 36 heavy (non-hydrogen) atoms. The molecular weight excluding hydrogens is 446 g/mol. The van der Waals surface area contributed by atoms with Crippen molar-refractivity contribution in [3.8, 4) is 0 Å². The van der Waals surface area contributed by atoms with Gasteiger partial charge in [0.05, 0.1) is 11.7 Å². The minimum atomic E-state index is -1.02. The van der Waals surface area contributed by atoms with Crippen LogP contribution in [0.2, 0.25) is 0 Å². The van der Waals surface area contributed by atoms with Crippen LogP contribution >= 0.6 is 0 Å². The molecule has 3 aliphatic carbocycles. The first kappa shape index (κ1) is 24.2. The van der Waals surface area contributed by atoms with Crippen molar-refractivity contribution in [1.82, 2.24) is 4.98 Å². The third-order valence-electron chi connectivity index (χ3n) is 11.0. The largest absolute Gasteiger partial charge is 0.386 e. The molecule has 1 aliphatic heterocycles. The average Bonchev–Trinajstić information content (AvgIpc) is 3.34. The minimum absolute atomic E-state index is 0.0957. The zero-order valence-electron chi connectivity index (χ0n) is 22.4. The maximum Gasteiger partial charge on any atom is 0.108 e. The van der Waals surface area contributed by atoms with Gasteiger partial charge < -0.3 is 19.9 Å². The van der Waals surface area contributed by atoms with Gasteiger partial charge in [-0.05, 0) is 79.4 Å². The van der Waals surface area contributed by atoms with Gasteiger partial charge in [0, 0.05) is 32.8 Å². The Labute approximate surface area is 215 Å². The lowest BCUT2D eigenvalue weighted by Crippen LogP contribution is -2.67. The zero-order chi connectivity index (χ0) is 25.8. The van der Waals surface area contributed by atoms with E-state index in [-0.39, 0.29) is 22.3 Å². The molecule has 0 amide bonds. The van der Waals surface area contributed by atoms with Gasteiger partial charge in [-0.3, -0.25) is 0 Å². The molecule has 1 aromatic carbocycles. The van der Waals surface area contributed by atoms with Crippen LogP contribution in [0.1, 0.15) is 77.1 Å². The highest BCUT2D eigenvalue weighted by Crippen LogP contribution is 2.69. The summed E-state index contributed by atoms with van der Waals surface area (Å²) in [5.74, 6) is 0.479. The second kappa shape index (κ2) is 7.46. The predicted molar refractivity (Wildman–Crippen MR) is 145 cm³/mol. The van der Waals surface area contributed by atoms with Crippen molar-refractivity contribution in [2.45, 2.75) is 101 Å². The first-order valence-electron chi connectivity index (χ1n) is 13.6. The van der Waals surface area contributed by atoms with E-state index in [1.807, 2.05) is 19.1 Å². The Morgan fingerprint density at radius 3 is 2.67 bits per heavy atom. The summed E-state index contributed by atoms with van der Waals surface area (Å²) in [4.78, 5) is 3.87. The fraction of sp³-hybridized carbons (Fsp3) is 0.562. The standard InChI is InChI=1S/C32H41NO3/c1-8-29(4,5)19-9-10-21-22-15-20-11-14-32(35)23-17-25(34)27(18(2)3)36-26(23)12-13-30(32,6)31(20,7)28(22)33-24(21)16-19/h8-10,16-17,20,25-27,33-35H,1-2,11-15H2,3-7H3/t20-,25?,26?,27?,30+,31+,32?/m0/s1. The molecule has 2 aromatic rings. The Hall–Kier alpha value is -2.14. The fourth-order valence-corrected chi connectivity index (χ4v) is 8.38. The summed E-state index contributed by atoms with van der Waals surface area (Å²) in [6.07, 6.45) is 7.00. The van der Waals surface area contributed by atoms with Crippen molar-refractivity contribution in [1.29, 1.82) is 0 Å². The van der Waals surface area contributed by atoms with Crippen LogP contribution in [0.4, 0.5) is 0 Å². The van der Waals surface area contributed by atoms with Crippen molar-refractivity contribution in [2.75, 3.05) is 0 Å². The van der Waals surface area contributed by atoms with E-state index in [0.29, 0.717) is 12.3 Å². The highest BCUT2D eigenvalue weighted by Gasteiger charge is 2.69. The Kier molecular flexibility index (Phi) is 5.02. The maximum atomic E-state index is 12.6. The van der Waals surface area contributed by atoms with Gasteiger partial charge in [-0.2, -0.15) is 0 Å². The van der Waals surface area contributed by atoms with E-state index in [4.69, 9.17) is 4.74 Å². The molecule has 2 heterocycles. The smallest absolute Gasteiger partial charge is 0.108 e. The molecule has 2 saturated carbocycles. The van der Waals surface area contributed by atoms with E-state index in [0.717, 1.165) is 36.8 Å². The number of aromatic nitrogens is 1. The second-order valence-corrected chi connectivity index (χ2v) is 13.0. The summed E-state index contributed by atoms with van der Waals surface area (Å²) < 4.78 is 6.35. The number of aliphatic hydroxyl groups is 2. The summed E-state index contributed by atoms with van der Waals surface area (Å²) in [6.45, 7) is 19.0. The molecular formula is C32H41NO3. The Morgan fingerprint density at radius 2 is 1.97 bits per heavy atom. The van der Waals surface area contributed by atoms with Gasteiger partial charge in [-0.15, -0.1) is 6.58 Å². The quantitative estimate of drug-likeness (QED) is 0.464. The number of aliphatic hydroxyl groups excluding tert-OH is 1. The molecule has 2 fully saturated rings. The third-order valence-corrected chi connectivity index (χ3v) is 11.0. The molecule has 4 unspecified atom stereocenters. The van der Waals surface area contributed by atoms with E-state index in [1.165, 1.54) is 27.7 Å². The molecule has 192 valence electrons. The van der Waals surface area contributed by atoms with Crippen LogP contribution < -0.4 is 0 Å². The average molecular weight is 488 g/mol. The number of nitrogens with one attached hydrogen (secondary N) is 1. The number of rotatable bonds is 3. The number of benzene rings is 1. The summed E-state index contributed by atoms with van der Waals surface area (Å²) in [6, 6.07) is 6.81. The summed E-state index contributed by atoms with van der Waals surface area (Å²) >= 11 is 0. The van der Waals surface area contributed by atoms with Crippen LogP contribution in [0.5, 0.6) is 0 Å². The second-order valence-electron chi connectivity index (χ2n) is 13.0. The predicted octanol–water partition coefficient (Wildman–Crippen LogP) is 6.02. The van der Waals surface area contributed by atoms with Crippen molar-refractivity contribution >= 4 is 10.9 Å². The van der Waals surface area contributed by atoms with E-state index < -0.39 is 17.8 Å². The van der Waals surface area contributed by atoms with Gasteiger partial charge in [0.1, 0.15) is 12.2 Å².